The Morgan fingerprint density at radius 2 is 2.06 bits per heavy atom. The van der Waals surface area contributed by atoms with Crippen LogP contribution in [0.5, 0.6) is 0 Å². The summed E-state index contributed by atoms with van der Waals surface area (Å²) >= 11 is 0. The molecule has 2 rings (SSSR count). The highest BCUT2D eigenvalue weighted by atomic mass is 16.3. The van der Waals surface area contributed by atoms with Crippen LogP contribution in [0.15, 0.2) is 42.7 Å². The van der Waals surface area contributed by atoms with Gasteiger partial charge in [-0.15, -0.1) is 0 Å². The van der Waals surface area contributed by atoms with Crippen LogP contribution in [-0.2, 0) is 13.0 Å². The van der Waals surface area contributed by atoms with E-state index in [-0.39, 0.29) is 6.04 Å². The summed E-state index contributed by atoms with van der Waals surface area (Å²) < 4.78 is 1.79. The standard InChI is InChI=1S/C14H19N3O/c1-2-17-10-12(9-16-17)14(18)13(15)8-11-6-4-3-5-7-11/h3-7,9-10,13-14,18H,2,8,15H2,1H3. The fourth-order valence-electron chi connectivity index (χ4n) is 1.95. The van der Waals surface area contributed by atoms with E-state index in [0.29, 0.717) is 6.42 Å². The minimum Gasteiger partial charge on any atom is -0.387 e. The van der Waals surface area contributed by atoms with Crippen LogP contribution in [0.25, 0.3) is 0 Å². The van der Waals surface area contributed by atoms with Gasteiger partial charge in [-0.2, -0.15) is 5.10 Å². The Labute approximate surface area is 107 Å². The molecule has 1 aromatic carbocycles. The van der Waals surface area contributed by atoms with Crippen molar-refractivity contribution in [1.82, 2.24) is 9.78 Å². The van der Waals surface area contributed by atoms with Gasteiger partial charge in [0.1, 0.15) is 0 Å². The molecule has 18 heavy (non-hydrogen) atoms. The summed E-state index contributed by atoms with van der Waals surface area (Å²) in [5.41, 5.74) is 7.95. The average molecular weight is 245 g/mol. The van der Waals surface area contributed by atoms with Gasteiger partial charge < -0.3 is 10.8 Å². The summed E-state index contributed by atoms with van der Waals surface area (Å²) in [4.78, 5) is 0. The number of aromatic nitrogens is 2. The van der Waals surface area contributed by atoms with Gasteiger partial charge in [0.2, 0.25) is 0 Å². The summed E-state index contributed by atoms with van der Waals surface area (Å²) in [5, 5.41) is 14.3. The van der Waals surface area contributed by atoms with Gasteiger partial charge in [0.05, 0.1) is 12.3 Å². The van der Waals surface area contributed by atoms with Crippen molar-refractivity contribution in [3.8, 4) is 0 Å². The molecule has 2 atom stereocenters. The Morgan fingerprint density at radius 3 is 2.67 bits per heavy atom. The van der Waals surface area contributed by atoms with Crippen molar-refractivity contribution in [2.75, 3.05) is 0 Å². The Morgan fingerprint density at radius 1 is 1.33 bits per heavy atom. The van der Waals surface area contributed by atoms with Gasteiger partial charge in [-0.3, -0.25) is 4.68 Å². The zero-order chi connectivity index (χ0) is 13.0. The predicted octanol–water partition coefficient (Wildman–Crippen LogP) is 1.51. The molecule has 96 valence electrons. The number of aliphatic hydroxyl groups is 1. The fraction of sp³-hybridized carbons (Fsp3) is 0.357. The third kappa shape index (κ3) is 2.97. The molecule has 0 amide bonds. The number of benzene rings is 1. The molecule has 2 aromatic rings. The van der Waals surface area contributed by atoms with Crippen LogP contribution in [0, 0.1) is 0 Å². The third-order valence-electron chi connectivity index (χ3n) is 3.04. The molecule has 4 nitrogen and oxygen atoms in total. The van der Waals surface area contributed by atoms with E-state index in [0.717, 1.165) is 17.7 Å². The summed E-state index contributed by atoms with van der Waals surface area (Å²) in [7, 11) is 0. The lowest BCUT2D eigenvalue weighted by Gasteiger charge is -2.17. The van der Waals surface area contributed by atoms with E-state index in [1.807, 2.05) is 43.5 Å². The first-order valence-electron chi connectivity index (χ1n) is 6.20. The molecule has 0 aliphatic rings. The number of aliphatic hydroxyl groups excluding tert-OH is 1. The monoisotopic (exact) mass is 245 g/mol. The third-order valence-corrected chi connectivity index (χ3v) is 3.04. The molecular formula is C14H19N3O. The minimum absolute atomic E-state index is 0.318. The fourth-order valence-corrected chi connectivity index (χ4v) is 1.95. The van der Waals surface area contributed by atoms with E-state index in [9.17, 15) is 5.11 Å². The van der Waals surface area contributed by atoms with Crippen molar-refractivity contribution in [2.24, 2.45) is 5.73 Å². The summed E-state index contributed by atoms with van der Waals surface area (Å²) in [6.07, 6.45) is 3.50. The Kier molecular flexibility index (Phi) is 4.12. The smallest absolute Gasteiger partial charge is 0.0974 e. The summed E-state index contributed by atoms with van der Waals surface area (Å²) in [6.45, 7) is 2.80. The summed E-state index contributed by atoms with van der Waals surface area (Å²) in [5.74, 6) is 0. The maximum atomic E-state index is 10.2. The molecule has 4 heteroatoms. The average Bonchev–Trinajstić information content (AvgIpc) is 2.87. The topological polar surface area (TPSA) is 64.1 Å². The second kappa shape index (κ2) is 5.80. The molecule has 2 unspecified atom stereocenters. The highest BCUT2D eigenvalue weighted by Crippen LogP contribution is 2.17. The molecule has 0 bridgehead atoms. The first-order valence-corrected chi connectivity index (χ1v) is 6.20. The zero-order valence-corrected chi connectivity index (χ0v) is 10.5. The van der Waals surface area contributed by atoms with Gasteiger partial charge in [-0.05, 0) is 18.9 Å². The second-order valence-corrected chi connectivity index (χ2v) is 4.43. The molecule has 1 heterocycles. The van der Waals surface area contributed by atoms with Crippen molar-refractivity contribution in [1.29, 1.82) is 0 Å². The Hall–Kier alpha value is -1.65. The van der Waals surface area contributed by atoms with Crippen molar-refractivity contribution in [2.45, 2.75) is 32.0 Å². The largest absolute Gasteiger partial charge is 0.387 e. The Balaban J connectivity index is 2.02. The van der Waals surface area contributed by atoms with Crippen LogP contribution in [0.2, 0.25) is 0 Å². The molecule has 3 N–H and O–H groups in total. The normalized spacial score (nSPS) is 14.4. The van der Waals surface area contributed by atoms with Crippen LogP contribution in [0.4, 0.5) is 0 Å². The predicted molar refractivity (Wildman–Crippen MR) is 71.0 cm³/mol. The lowest BCUT2D eigenvalue weighted by Crippen LogP contribution is -2.30. The lowest BCUT2D eigenvalue weighted by molar-refractivity contribution is 0.146. The van der Waals surface area contributed by atoms with Crippen molar-refractivity contribution in [3.63, 3.8) is 0 Å². The number of nitrogens with zero attached hydrogens (tertiary/aromatic N) is 2. The number of hydrogen-bond acceptors (Lipinski definition) is 3. The number of hydrogen-bond donors (Lipinski definition) is 2. The Bertz CT molecular complexity index is 481. The maximum Gasteiger partial charge on any atom is 0.0974 e. The molecule has 0 spiro atoms. The zero-order valence-electron chi connectivity index (χ0n) is 10.5. The van der Waals surface area contributed by atoms with Crippen molar-refractivity contribution in [3.05, 3.63) is 53.9 Å². The van der Waals surface area contributed by atoms with Gasteiger partial charge in [-0.25, -0.2) is 0 Å². The van der Waals surface area contributed by atoms with Crippen LogP contribution < -0.4 is 5.73 Å². The van der Waals surface area contributed by atoms with Gasteiger partial charge in [0, 0.05) is 24.3 Å². The highest BCUT2D eigenvalue weighted by molar-refractivity contribution is 5.18. The first kappa shape index (κ1) is 12.8. The second-order valence-electron chi connectivity index (χ2n) is 4.43. The SMILES string of the molecule is CCn1cc(C(O)C(N)Cc2ccccc2)cn1. The van der Waals surface area contributed by atoms with Crippen LogP contribution in [-0.4, -0.2) is 20.9 Å². The van der Waals surface area contributed by atoms with E-state index in [1.54, 1.807) is 10.9 Å². The van der Waals surface area contributed by atoms with E-state index in [1.165, 1.54) is 0 Å². The molecule has 0 aliphatic heterocycles. The number of nitrogens with two attached hydrogens (primary N) is 1. The molecule has 0 saturated carbocycles. The van der Waals surface area contributed by atoms with E-state index >= 15 is 0 Å². The number of rotatable bonds is 5. The first-order chi connectivity index (χ1) is 8.70. The van der Waals surface area contributed by atoms with Crippen molar-refractivity contribution < 1.29 is 5.11 Å². The lowest BCUT2D eigenvalue weighted by atomic mass is 9.99. The highest BCUT2D eigenvalue weighted by Gasteiger charge is 2.18. The molecule has 0 fully saturated rings. The summed E-state index contributed by atoms with van der Waals surface area (Å²) in [6, 6.07) is 9.63. The number of aryl methyl sites for hydroxylation is 1. The molecular weight excluding hydrogens is 226 g/mol. The van der Waals surface area contributed by atoms with Crippen LogP contribution in [0.1, 0.15) is 24.2 Å². The molecule has 0 aliphatic carbocycles. The van der Waals surface area contributed by atoms with Crippen molar-refractivity contribution >= 4 is 0 Å². The maximum absolute atomic E-state index is 10.2. The van der Waals surface area contributed by atoms with Crippen LogP contribution in [0.3, 0.4) is 0 Å². The molecule has 0 saturated heterocycles. The van der Waals surface area contributed by atoms with E-state index in [2.05, 4.69) is 5.10 Å². The molecule has 0 radical (unpaired) electrons. The van der Waals surface area contributed by atoms with Gasteiger partial charge in [0.25, 0.3) is 0 Å². The van der Waals surface area contributed by atoms with E-state index in [4.69, 9.17) is 5.73 Å². The van der Waals surface area contributed by atoms with E-state index < -0.39 is 6.10 Å². The van der Waals surface area contributed by atoms with Gasteiger partial charge in [-0.1, -0.05) is 30.3 Å². The van der Waals surface area contributed by atoms with Crippen LogP contribution >= 0.6 is 0 Å². The minimum atomic E-state index is -0.675. The van der Waals surface area contributed by atoms with Gasteiger partial charge in [0.15, 0.2) is 0 Å². The molecule has 1 aromatic heterocycles. The quantitative estimate of drug-likeness (QED) is 0.839. The van der Waals surface area contributed by atoms with Gasteiger partial charge >= 0.3 is 0 Å².